The molecule has 2 rings (SSSR count). The van der Waals surface area contributed by atoms with Gasteiger partial charge in [-0.25, -0.2) is 0 Å². The lowest BCUT2D eigenvalue weighted by Crippen LogP contribution is -2.34. The van der Waals surface area contributed by atoms with Crippen LogP contribution in [0.4, 0.5) is 0 Å². The van der Waals surface area contributed by atoms with Crippen LogP contribution in [0.15, 0.2) is 54.6 Å². The van der Waals surface area contributed by atoms with E-state index in [9.17, 15) is 15.0 Å². The highest BCUT2D eigenvalue weighted by Gasteiger charge is 2.21. The lowest BCUT2D eigenvalue weighted by atomic mass is 10.0. The van der Waals surface area contributed by atoms with E-state index in [1.54, 1.807) is 24.3 Å². The van der Waals surface area contributed by atoms with Gasteiger partial charge in [0.25, 0.3) is 0 Å². The number of hydrogen-bond donors (Lipinski definition) is 3. The molecule has 0 aliphatic rings. The largest absolute Gasteiger partial charge is 0.489 e. The van der Waals surface area contributed by atoms with E-state index < -0.39 is 12.2 Å². The van der Waals surface area contributed by atoms with Crippen molar-refractivity contribution in [1.82, 2.24) is 5.32 Å². The molecule has 0 radical (unpaired) electrons. The van der Waals surface area contributed by atoms with Crippen LogP contribution in [0.3, 0.4) is 0 Å². The minimum absolute atomic E-state index is 0.0243. The molecule has 3 N–H and O–H groups in total. The molecular formula is C18H21NO4. The average Bonchev–Trinajstić information content (AvgIpc) is 2.58. The predicted octanol–water partition coefficient (Wildman–Crippen LogP) is 1.80. The molecule has 23 heavy (non-hydrogen) atoms. The van der Waals surface area contributed by atoms with Gasteiger partial charge in [-0.05, 0) is 11.6 Å². The van der Waals surface area contributed by atoms with Crippen LogP contribution >= 0.6 is 0 Å². The second kappa shape index (κ2) is 8.31. The van der Waals surface area contributed by atoms with E-state index in [-0.39, 0.29) is 12.5 Å². The highest BCUT2D eigenvalue weighted by atomic mass is 16.5. The van der Waals surface area contributed by atoms with E-state index in [4.69, 9.17) is 4.74 Å². The normalized spacial score (nSPS) is 13.2. The van der Waals surface area contributed by atoms with E-state index in [2.05, 4.69) is 5.32 Å². The molecule has 0 bridgehead atoms. The van der Waals surface area contributed by atoms with Gasteiger partial charge < -0.3 is 20.3 Å². The first-order chi connectivity index (χ1) is 11.1. The Morgan fingerprint density at radius 2 is 1.74 bits per heavy atom. The van der Waals surface area contributed by atoms with Crippen LogP contribution in [0.2, 0.25) is 0 Å². The number of amides is 1. The number of ether oxygens (including phenoxy) is 1. The molecule has 2 aromatic carbocycles. The maximum absolute atomic E-state index is 10.9. The third kappa shape index (κ3) is 5.09. The quantitative estimate of drug-likeness (QED) is 0.728. The maximum Gasteiger partial charge on any atom is 0.216 e. The second-order valence-corrected chi connectivity index (χ2v) is 5.26. The molecule has 0 saturated carbocycles. The van der Waals surface area contributed by atoms with Gasteiger partial charge in [-0.2, -0.15) is 0 Å². The third-order valence-electron chi connectivity index (χ3n) is 3.40. The van der Waals surface area contributed by atoms with Crippen LogP contribution in [-0.4, -0.2) is 28.8 Å². The molecule has 2 atom stereocenters. The van der Waals surface area contributed by atoms with Crippen LogP contribution < -0.4 is 10.1 Å². The first kappa shape index (κ1) is 17.0. The monoisotopic (exact) mass is 315 g/mol. The zero-order valence-electron chi connectivity index (χ0n) is 13.0. The van der Waals surface area contributed by atoms with E-state index in [1.807, 2.05) is 30.3 Å². The molecule has 5 nitrogen and oxygen atoms in total. The topological polar surface area (TPSA) is 78.8 Å². The van der Waals surface area contributed by atoms with Crippen molar-refractivity contribution in [2.24, 2.45) is 0 Å². The molecule has 5 heteroatoms. The van der Waals surface area contributed by atoms with Gasteiger partial charge in [0, 0.05) is 19.0 Å². The summed E-state index contributed by atoms with van der Waals surface area (Å²) in [5, 5.41) is 22.8. The van der Waals surface area contributed by atoms with E-state index in [0.29, 0.717) is 17.9 Å². The van der Waals surface area contributed by atoms with Crippen molar-refractivity contribution in [3.8, 4) is 5.75 Å². The zero-order valence-corrected chi connectivity index (χ0v) is 13.0. The number of benzene rings is 2. The minimum Gasteiger partial charge on any atom is -0.489 e. The molecule has 2 aromatic rings. The smallest absolute Gasteiger partial charge is 0.216 e. The van der Waals surface area contributed by atoms with Crippen molar-refractivity contribution < 1.29 is 19.7 Å². The molecular weight excluding hydrogens is 294 g/mol. The lowest BCUT2D eigenvalue weighted by molar-refractivity contribution is -0.119. The van der Waals surface area contributed by atoms with Gasteiger partial charge in [0.1, 0.15) is 24.6 Å². The number of carbonyl (C=O) groups excluding carboxylic acids is 1. The Balaban J connectivity index is 2.05. The first-order valence-electron chi connectivity index (χ1n) is 7.44. The fourth-order valence-corrected chi connectivity index (χ4v) is 2.16. The first-order valence-corrected chi connectivity index (χ1v) is 7.44. The summed E-state index contributed by atoms with van der Waals surface area (Å²) in [4.78, 5) is 10.9. The van der Waals surface area contributed by atoms with Gasteiger partial charge >= 0.3 is 0 Å². The second-order valence-electron chi connectivity index (χ2n) is 5.26. The number of aliphatic hydroxyl groups excluding tert-OH is 2. The molecule has 1 amide bonds. The summed E-state index contributed by atoms with van der Waals surface area (Å²) in [6.07, 6.45) is -2.26. The number of carbonyl (C=O) groups is 1. The Bertz CT molecular complexity index is 630. The Morgan fingerprint density at radius 1 is 1.09 bits per heavy atom. The molecule has 2 unspecified atom stereocenters. The maximum atomic E-state index is 10.9. The summed E-state index contributed by atoms with van der Waals surface area (Å²) >= 11 is 0. The highest BCUT2D eigenvalue weighted by molar-refractivity contribution is 5.72. The van der Waals surface area contributed by atoms with Crippen molar-refractivity contribution in [2.75, 3.05) is 6.54 Å². The molecule has 0 saturated heterocycles. The molecule has 0 heterocycles. The van der Waals surface area contributed by atoms with Crippen molar-refractivity contribution in [3.63, 3.8) is 0 Å². The van der Waals surface area contributed by atoms with Gasteiger partial charge in [-0.15, -0.1) is 0 Å². The van der Waals surface area contributed by atoms with Crippen LogP contribution in [0.25, 0.3) is 0 Å². The zero-order chi connectivity index (χ0) is 16.7. The fraction of sp³-hybridized carbons (Fsp3) is 0.278. The van der Waals surface area contributed by atoms with Gasteiger partial charge in [0.2, 0.25) is 5.91 Å². The Kier molecular flexibility index (Phi) is 6.14. The van der Waals surface area contributed by atoms with Crippen LogP contribution in [0.1, 0.15) is 24.2 Å². The number of aliphatic hydroxyl groups is 2. The van der Waals surface area contributed by atoms with E-state index in [0.717, 1.165) is 5.56 Å². The predicted molar refractivity (Wildman–Crippen MR) is 86.9 cm³/mol. The molecule has 0 aliphatic heterocycles. The molecule has 0 aliphatic carbocycles. The summed E-state index contributed by atoms with van der Waals surface area (Å²) in [6, 6.07) is 16.7. The van der Waals surface area contributed by atoms with Crippen LogP contribution in [0, 0.1) is 0 Å². The SMILES string of the molecule is CC(=O)NCC(O)C(O)c1ccccc1OCc1ccccc1. The Hall–Kier alpha value is -2.37. The lowest BCUT2D eigenvalue weighted by Gasteiger charge is -2.21. The average molecular weight is 315 g/mol. The number of para-hydroxylation sites is 1. The van der Waals surface area contributed by atoms with Crippen molar-refractivity contribution >= 4 is 5.91 Å². The molecule has 0 fully saturated rings. The molecule has 0 spiro atoms. The summed E-state index contributed by atoms with van der Waals surface area (Å²) in [6.45, 7) is 1.70. The van der Waals surface area contributed by atoms with Gasteiger partial charge in [-0.3, -0.25) is 4.79 Å². The van der Waals surface area contributed by atoms with Crippen molar-refractivity contribution in [3.05, 3.63) is 65.7 Å². The number of hydrogen-bond acceptors (Lipinski definition) is 4. The molecule has 122 valence electrons. The van der Waals surface area contributed by atoms with Gasteiger partial charge in [0.15, 0.2) is 0 Å². The van der Waals surface area contributed by atoms with Crippen molar-refractivity contribution in [2.45, 2.75) is 25.7 Å². The summed E-state index contributed by atoms with van der Waals surface area (Å²) < 4.78 is 5.76. The Labute approximate surface area is 135 Å². The minimum atomic E-state index is -1.14. The van der Waals surface area contributed by atoms with E-state index >= 15 is 0 Å². The Morgan fingerprint density at radius 3 is 2.43 bits per heavy atom. The van der Waals surface area contributed by atoms with Gasteiger partial charge in [0.05, 0.1) is 0 Å². The van der Waals surface area contributed by atoms with Crippen molar-refractivity contribution in [1.29, 1.82) is 0 Å². The van der Waals surface area contributed by atoms with Crippen LogP contribution in [0.5, 0.6) is 5.75 Å². The number of nitrogens with one attached hydrogen (secondary N) is 1. The summed E-state index contributed by atoms with van der Waals surface area (Å²) in [5.41, 5.74) is 1.50. The number of rotatable bonds is 7. The third-order valence-corrected chi connectivity index (χ3v) is 3.40. The highest BCUT2D eigenvalue weighted by Crippen LogP contribution is 2.27. The standard InChI is InChI=1S/C18H21NO4/c1-13(20)19-11-16(21)18(22)15-9-5-6-10-17(15)23-12-14-7-3-2-4-8-14/h2-10,16,18,21-22H,11-12H2,1H3,(H,19,20). The van der Waals surface area contributed by atoms with Gasteiger partial charge in [-0.1, -0.05) is 48.5 Å². The molecule has 0 aromatic heterocycles. The summed E-state index contributed by atoms with van der Waals surface area (Å²) in [5.74, 6) is 0.246. The van der Waals surface area contributed by atoms with E-state index in [1.165, 1.54) is 6.92 Å². The van der Waals surface area contributed by atoms with Crippen LogP contribution in [-0.2, 0) is 11.4 Å². The summed E-state index contributed by atoms with van der Waals surface area (Å²) in [7, 11) is 0. The fourth-order valence-electron chi connectivity index (χ4n) is 2.16.